The number of hydrogen-bond donors (Lipinski definition) is 1. The highest BCUT2D eigenvalue weighted by molar-refractivity contribution is 7.90. The van der Waals surface area contributed by atoms with Crippen molar-refractivity contribution in [1.29, 1.82) is 0 Å². The third-order valence-electron chi connectivity index (χ3n) is 5.00. The minimum Gasteiger partial charge on any atom is -0.340 e. The van der Waals surface area contributed by atoms with Crippen LogP contribution in [0.3, 0.4) is 0 Å². The quantitative estimate of drug-likeness (QED) is 0.724. The third kappa shape index (κ3) is 6.60. The molecule has 0 saturated carbocycles. The molecule has 0 radical (unpaired) electrons. The molecule has 156 valence electrons. The highest BCUT2D eigenvalue weighted by Gasteiger charge is 2.31. The molecule has 28 heavy (non-hydrogen) atoms. The number of amides is 2. The second-order valence-electron chi connectivity index (χ2n) is 7.86. The summed E-state index contributed by atoms with van der Waals surface area (Å²) in [5.74, 6) is -0.246. The topological polar surface area (TPSA) is 86.8 Å². The fourth-order valence-electron chi connectivity index (χ4n) is 3.13. The van der Waals surface area contributed by atoms with Crippen molar-refractivity contribution in [3.8, 4) is 0 Å². The summed E-state index contributed by atoms with van der Waals surface area (Å²) in [6.45, 7) is 8.62. The van der Waals surface area contributed by atoms with Gasteiger partial charge >= 0.3 is 0 Å². The zero-order valence-electron chi connectivity index (χ0n) is 17.1. The lowest BCUT2D eigenvalue weighted by Gasteiger charge is -2.37. The van der Waals surface area contributed by atoms with Gasteiger partial charge < -0.3 is 10.2 Å². The zero-order chi connectivity index (χ0) is 20.9. The highest BCUT2D eigenvalue weighted by atomic mass is 32.2. The maximum absolute atomic E-state index is 13.0. The Morgan fingerprint density at radius 2 is 1.64 bits per heavy atom. The van der Waals surface area contributed by atoms with Crippen LogP contribution in [0.1, 0.15) is 29.8 Å². The van der Waals surface area contributed by atoms with Crippen LogP contribution in [-0.2, 0) is 14.6 Å². The first-order chi connectivity index (χ1) is 13.1. The van der Waals surface area contributed by atoms with Gasteiger partial charge in [-0.2, -0.15) is 0 Å². The van der Waals surface area contributed by atoms with E-state index in [0.717, 1.165) is 5.56 Å². The monoisotopic (exact) mass is 409 g/mol. The smallest absolute Gasteiger partial charge is 0.251 e. The molecule has 1 aromatic rings. The summed E-state index contributed by atoms with van der Waals surface area (Å²) in [5.41, 5.74) is 1.61. The molecule has 1 atom stereocenters. The lowest BCUT2D eigenvalue weighted by Crippen LogP contribution is -2.56. The Labute approximate surface area is 168 Å². The largest absolute Gasteiger partial charge is 0.340 e. The molecule has 2 amide bonds. The molecule has 1 saturated heterocycles. The minimum atomic E-state index is -2.99. The molecule has 1 aromatic carbocycles. The van der Waals surface area contributed by atoms with Gasteiger partial charge in [0.25, 0.3) is 5.91 Å². The first kappa shape index (κ1) is 22.4. The van der Waals surface area contributed by atoms with Crippen LogP contribution in [0.5, 0.6) is 0 Å². The van der Waals surface area contributed by atoms with Crippen molar-refractivity contribution < 1.29 is 18.0 Å². The molecule has 0 aliphatic carbocycles. The molecule has 7 nitrogen and oxygen atoms in total. The zero-order valence-corrected chi connectivity index (χ0v) is 18.0. The van der Waals surface area contributed by atoms with Crippen molar-refractivity contribution in [2.24, 2.45) is 5.92 Å². The fraction of sp³-hybridized carbons (Fsp3) is 0.600. The summed E-state index contributed by atoms with van der Waals surface area (Å²) in [5, 5.41) is 2.88. The summed E-state index contributed by atoms with van der Waals surface area (Å²) < 4.78 is 22.6. The highest BCUT2D eigenvalue weighted by Crippen LogP contribution is 2.12. The van der Waals surface area contributed by atoms with E-state index in [2.05, 4.69) is 10.2 Å². The van der Waals surface area contributed by atoms with Gasteiger partial charge in [-0.25, -0.2) is 8.42 Å². The summed E-state index contributed by atoms with van der Waals surface area (Å²) >= 11 is 0. The molecule has 0 bridgehead atoms. The lowest BCUT2D eigenvalue weighted by molar-refractivity contribution is -0.136. The molecule has 0 aromatic heterocycles. The molecule has 1 N–H and O–H groups in total. The Hall–Kier alpha value is -1.93. The van der Waals surface area contributed by atoms with E-state index < -0.39 is 15.9 Å². The van der Waals surface area contributed by atoms with Gasteiger partial charge in [-0.1, -0.05) is 31.5 Å². The molecule has 0 spiro atoms. The van der Waals surface area contributed by atoms with E-state index in [-0.39, 0.29) is 23.5 Å². The Morgan fingerprint density at radius 1 is 1.07 bits per heavy atom. The van der Waals surface area contributed by atoms with Crippen molar-refractivity contribution in [3.63, 3.8) is 0 Å². The van der Waals surface area contributed by atoms with Crippen LogP contribution in [-0.4, -0.2) is 80.8 Å². The van der Waals surface area contributed by atoms with Crippen LogP contribution < -0.4 is 5.32 Å². The number of benzene rings is 1. The van der Waals surface area contributed by atoms with Gasteiger partial charge in [-0.15, -0.1) is 0 Å². The van der Waals surface area contributed by atoms with Crippen molar-refractivity contribution in [2.75, 3.05) is 44.7 Å². The van der Waals surface area contributed by atoms with Crippen molar-refractivity contribution in [2.45, 2.75) is 26.8 Å². The molecule has 2 rings (SSSR count). The van der Waals surface area contributed by atoms with Crippen molar-refractivity contribution >= 4 is 21.7 Å². The van der Waals surface area contributed by atoms with Crippen LogP contribution in [0, 0.1) is 12.8 Å². The minimum absolute atomic E-state index is 0.0369. The van der Waals surface area contributed by atoms with Gasteiger partial charge in [0.05, 0.1) is 5.75 Å². The second-order valence-corrected chi connectivity index (χ2v) is 10.1. The summed E-state index contributed by atoms with van der Waals surface area (Å²) in [6, 6.07) is 6.67. The van der Waals surface area contributed by atoms with Crippen molar-refractivity contribution in [3.05, 3.63) is 35.4 Å². The molecule has 1 unspecified atom stereocenters. The summed E-state index contributed by atoms with van der Waals surface area (Å²) in [4.78, 5) is 29.3. The van der Waals surface area contributed by atoms with Gasteiger partial charge in [-0.3, -0.25) is 14.5 Å². The Morgan fingerprint density at radius 3 is 2.14 bits per heavy atom. The average molecular weight is 410 g/mol. The maximum atomic E-state index is 13.0. The maximum Gasteiger partial charge on any atom is 0.251 e. The number of piperazine rings is 1. The Bertz CT molecular complexity index is 782. The van der Waals surface area contributed by atoms with Gasteiger partial charge in [0.2, 0.25) is 5.91 Å². The van der Waals surface area contributed by atoms with E-state index in [1.54, 1.807) is 17.0 Å². The number of nitrogens with zero attached hydrogens (tertiary/aromatic N) is 2. The number of carbonyl (C=O) groups is 2. The predicted octanol–water partition coefficient (Wildman–Crippen LogP) is 0.938. The van der Waals surface area contributed by atoms with Gasteiger partial charge in [0.15, 0.2) is 0 Å². The van der Waals surface area contributed by atoms with E-state index in [0.29, 0.717) is 38.3 Å². The van der Waals surface area contributed by atoms with Gasteiger partial charge in [-0.05, 0) is 25.0 Å². The van der Waals surface area contributed by atoms with Gasteiger partial charge in [0.1, 0.15) is 15.9 Å². The number of sulfone groups is 1. The SMILES string of the molecule is Cc1ccc(C(=O)NC(C(=O)N2CCN(CCS(C)(=O)=O)CC2)C(C)C)cc1. The fourth-order valence-corrected chi connectivity index (χ4v) is 3.72. The number of aryl methyl sites for hydroxylation is 1. The average Bonchev–Trinajstić information content (AvgIpc) is 2.64. The first-order valence-corrected chi connectivity index (χ1v) is 11.7. The number of rotatable bonds is 7. The molecule has 1 aliphatic heterocycles. The van der Waals surface area contributed by atoms with E-state index in [1.807, 2.05) is 32.9 Å². The normalized spacial score (nSPS) is 16.8. The van der Waals surface area contributed by atoms with Crippen LogP contribution in [0.15, 0.2) is 24.3 Å². The number of nitrogens with one attached hydrogen (secondary N) is 1. The van der Waals surface area contributed by atoms with Crippen LogP contribution in [0.25, 0.3) is 0 Å². The predicted molar refractivity (Wildman–Crippen MR) is 110 cm³/mol. The molecule has 1 aliphatic rings. The molecule has 1 heterocycles. The van der Waals surface area contributed by atoms with E-state index in [9.17, 15) is 18.0 Å². The van der Waals surface area contributed by atoms with Crippen LogP contribution in [0.4, 0.5) is 0 Å². The molecule has 8 heteroatoms. The molecular weight excluding hydrogens is 378 g/mol. The molecular formula is C20H31N3O4S. The van der Waals surface area contributed by atoms with E-state index in [1.165, 1.54) is 6.26 Å². The number of carbonyl (C=O) groups excluding carboxylic acids is 2. The molecule has 1 fully saturated rings. The van der Waals surface area contributed by atoms with E-state index in [4.69, 9.17) is 0 Å². The Kier molecular flexibility index (Phi) is 7.60. The standard InChI is InChI=1S/C20H31N3O4S/c1-15(2)18(21-19(24)17-7-5-16(3)6-8-17)20(25)23-11-9-22(10-12-23)13-14-28(4,26)27/h5-8,15,18H,9-14H2,1-4H3,(H,21,24). The summed E-state index contributed by atoms with van der Waals surface area (Å²) in [6.07, 6.45) is 1.23. The van der Waals surface area contributed by atoms with Crippen LogP contribution in [0.2, 0.25) is 0 Å². The number of hydrogen-bond acceptors (Lipinski definition) is 5. The van der Waals surface area contributed by atoms with Gasteiger partial charge in [0, 0.05) is 44.5 Å². The third-order valence-corrected chi connectivity index (χ3v) is 5.92. The summed E-state index contributed by atoms with van der Waals surface area (Å²) in [7, 11) is -2.99. The van der Waals surface area contributed by atoms with Crippen molar-refractivity contribution in [1.82, 2.24) is 15.1 Å². The first-order valence-electron chi connectivity index (χ1n) is 9.63. The van der Waals surface area contributed by atoms with Crippen LogP contribution >= 0.6 is 0 Å². The second kappa shape index (κ2) is 9.52. The van der Waals surface area contributed by atoms with E-state index >= 15 is 0 Å². The Balaban J connectivity index is 1.94. The lowest BCUT2D eigenvalue weighted by atomic mass is 10.0.